The van der Waals surface area contributed by atoms with Crippen LogP contribution in [0.1, 0.15) is 48.5 Å². The largest absolute Gasteiger partial charge is 0.484 e. The topological polar surface area (TPSA) is 55.4 Å². The van der Waals surface area contributed by atoms with Gasteiger partial charge in [0.05, 0.1) is 0 Å². The molecule has 1 saturated carbocycles. The summed E-state index contributed by atoms with van der Waals surface area (Å²) in [5.41, 5.74) is 0.903. The molecule has 2 atom stereocenters. The monoisotopic (exact) mass is 369 g/mol. The van der Waals surface area contributed by atoms with E-state index in [0.29, 0.717) is 22.8 Å². The maximum Gasteiger partial charge on any atom is 0.258 e. The van der Waals surface area contributed by atoms with Gasteiger partial charge in [-0.05, 0) is 67.3 Å². The number of carbonyl (C=O) groups excluding carboxylic acids is 2. The first-order valence-electron chi connectivity index (χ1n) is 9.35. The molecule has 5 heteroatoms. The van der Waals surface area contributed by atoms with Gasteiger partial charge in [-0.25, -0.2) is 4.39 Å². The lowest BCUT2D eigenvalue weighted by Crippen LogP contribution is -2.43. The van der Waals surface area contributed by atoms with Crippen LogP contribution < -0.4 is 10.1 Å². The second-order valence-electron chi connectivity index (χ2n) is 7.08. The lowest BCUT2D eigenvalue weighted by Gasteiger charge is -2.29. The van der Waals surface area contributed by atoms with Crippen LogP contribution in [0.15, 0.2) is 48.5 Å². The summed E-state index contributed by atoms with van der Waals surface area (Å²) in [5.74, 6) is 0.332. The quantitative estimate of drug-likeness (QED) is 0.779. The highest BCUT2D eigenvalue weighted by atomic mass is 19.1. The van der Waals surface area contributed by atoms with Gasteiger partial charge in [0, 0.05) is 17.2 Å². The molecule has 1 N–H and O–H groups in total. The molecule has 27 heavy (non-hydrogen) atoms. The van der Waals surface area contributed by atoms with Crippen molar-refractivity contribution in [1.29, 1.82) is 0 Å². The van der Waals surface area contributed by atoms with Crippen LogP contribution in [0, 0.1) is 11.7 Å². The van der Waals surface area contributed by atoms with Crippen molar-refractivity contribution in [2.75, 3.05) is 6.61 Å². The van der Waals surface area contributed by atoms with Crippen LogP contribution in [0.3, 0.4) is 0 Å². The molecular weight excluding hydrogens is 345 g/mol. The standard InChI is InChI=1S/C22H24FNO3/c1-15-4-2-3-5-20(15)24-21(25)14-27-19-12-8-17(9-13-19)22(26)16-6-10-18(23)11-7-16/h6-13,15,20H,2-5,14H2,1H3,(H,24,25)/t15-,20-/m1/s1. The summed E-state index contributed by atoms with van der Waals surface area (Å²) in [6, 6.07) is 12.3. The molecule has 2 aromatic carbocycles. The van der Waals surface area contributed by atoms with E-state index in [4.69, 9.17) is 4.74 Å². The number of nitrogens with one attached hydrogen (secondary N) is 1. The van der Waals surface area contributed by atoms with Gasteiger partial charge in [-0.3, -0.25) is 9.59 Å². The summed E-state index contributed by atoms with van der Waals surface area (Å²) < 4.78 is 18.5. The molecule has 0 radical (unpaired) electrons. The van der Waals surface area contributed by atoms with Crippen molar-refractivity contribution in [3.8, 4) is 5.75 Å². The summed E-state index contributed by atoms with van der Waals surface area (Å²) in [4.78, 5) is 24.5. The number of hydrogen-bond acceptors (Lipinski definition) is 3. The Hall–Kier alpha value is -2.69. The number of carbonyl (C=O) groups is 2. The van der Waals surface area contributed by atoms with E-state index in [1.54, 1.807) is 24.3 Å². The number of rotatable bonds is 6. The lowest BCUT2D eigenvalue weighted by atomic mass is 9.86. The van der Waals surface area contributed by atoms with Crippen molar-refractivity contribution in [1.82, 2.24) is 5.32 Å². The molecular formula is C22H24FNO3. The van der Waals surface area contributed by atoms with Gasteiger partial charge in [-0.15, -0.1) is 0 Å². The van der Waals surface area contributed by atoms with Gasteiger partial charge in [0.25, 0.3) is 5.91 Å². The van der Waals surface area contributed by atoms with E-state index >= 15 is 0 Å². The third-order valence-electron chi connectivity index (χ3n) is 5.05. The summed E-state index contributed by atoms with van der Waals surface area (Å²) in [6.45, 7) is 2.12. The van der Waals surface area contributed by atoms with Gasteiger partial charge >= 0.3 is 0 Å². The Morgan fingerprint density at radius 2 is 1.59 bits per heavy atom. The van der Waals surface area contributed by atoms with Crippen molar-refractivity contribution in [3.63, 3.8) is 0 Å². The molecule has 0 bridgehead atoms. The predicted octanol–water partition coefficient (Wildman–Crippen LogP) is 4.13. The molecule has 4 nitrogen and oxygen atoms in total. The van der Waals surface area contributed by atoms with Crippen LogP contribution in [-0.2, 0) is 4.79 Å². The van der Waals surface area contributed by atoms with Gasteiger partial charge in [0.2, 0.25) is 0 Å². The number of ketones is 1. The Morgan fingerprint density at radius 3 is 2.22 bits per heavy atom. The Balaban J connectivity index is 1.52. The lowest BCUT2D eigenvalue weighted by molar-refractivity contribution is -0.124. The minimum absolute atomic E-state index is 0.0471. The van der Waals surface area contributed by atoms with Crippen LogP contribution in [0.4, 0.5) is 4.39 Å². The highest BCUT2D eigenvalue weighted by molar-refractivity contribution is 6.09. The molecule has 1 aliphatic rings. The molecule has 2 aromatic rings. The predicted molar refractivity (Wildman–Crippen MR) is 101 cm³/mol. The molecule has 0 spiro atoms. The van der Waals surface area contributed by atoms with E-state index in [-0.39, 0.29) is 30.2 Å². The fourth-order valence-electron chi connectivity index (χ4n) is 3.40. The molecule has 1 fully saturated rings. The SMILES string of the molecule is C[C@@H]1CCCC[C@H]1NC(=O)COc1ccc(C(=O)c2ccc(F)cc2)cc1. The van der Waals surface area contributed by atoms with E-state index in [0.717, 1.165) is 19.3 Å². The number of hydrogen-bond donors (Lipinski definition) is 1. The van der Waals surface area contributed by atoms with Crippen molar-refractivity contribution in [3.05, 3.63) is 65.5 Å². The Labute approximate surface area is 158 Å². The summed E-state index contributed by atoms with van der Waals surface area (Å²) in [5, 5.41) is 3.05. The highest BCUT2D eigenvalue weighted by Crippen LogP contribution is 2.23. The van der Waals surface area contributed by atoms with E-state index in [9.17, 15) is 14.0 Å². The maximum atomic E-state index is 13.0. The van der Waals surface area contributed by atoms with E-state index in [1.165, 1.54) is 30.7 Å². The second-order valence-corrected chi connectivity index (χ2v) is 7.08. The van der Waals surface area contributed by atoms with Crippen molar-refractivity contribution >= 4 is 11.7 Å². The molecule has 1 aliphatic carbocycles. The van der Waals surface area contributed by atoms with Gasteiger partial charge < -0.3 is 10.1 Å². The molecule has 0 aromatic heterocycles. The number of benzene rings is 2. The second kappa shape index (κ2) is 8.80. The van der Waals surface area contributed by atoms with Crippen LogP contribution >= 0.6 is 0 Å². The number of ether oxygens (including phenoxy) is 1. The van der Waals surface area contributed by atoms with Crippen molar-refractivity contribution in [2.45, 2.75) is 38.6 Å². The fourth-order valence-corrected chi connectivity index (χ4v) is 3.40. The van der Waals surface area contributed by atoms with Crippen LogP contribution in [0.25, 0.3) is 0 Å². The molecule has 3 rings (SSSR count). The Bertz CT molecular complexity index is 786. The number of amides is 1. The van der Waals surface area contributed by atoms with Crippen LogP contribution in [0.5, 0.6) is 5.75 Å². The van der Waals surface area contributed by atoms with Crippen molar-refractivity contribution < 1.29 is 18.7 Å². The Morgan fingerprint density at radius 1 is 1.00 bits per heavy atom. The van der Waals surface area contributed by atoms with Crippen LogP contribution in [0.2, 0.25) is 0 Å². The Kier molecular flexibility index (Phi) is 6.22. The summed E-state index contributed by atoms with van der Waals surface area (Å²) in [7, 11) is 0. The zero-order valence-electron chi connectivity index (χ0n) is 15.4. The maximum absolute atomic E-state index is 13.0. The molecule has 0 unspecified atom stereocenters. The molecule has 142 valence electrons. The van der Waals surface area contributed by atoms with Gasteiger partial charge in [0.1, 0.15) is 11.6 Å². The van der Waals surface area contributed by atoms with Gasteiger partial charge in [-0.1, -0.05) is 19.8 Å². The fraction of sp³-hybridized carbons (Fsp3) is 0.364. The van der Waals surface area contributed by atoms with Gasteiger partial charge in [0.15, 0.2) is 12.4 Å². The normalized spacial score (nSPS) is 19.3. The first-order chi connectivity index (χ1) is 13.0. The molecule has 0 heterocycles. The molecule has 1 amide bonds. The van der Waals surface area contributed by atoms with E-state index in [1.807, 2.05) is 0 Å². The van der Waals surface area contributed by atoms with Crippen molar-refractivity contribution in [2.24, 2.45) is 5.92 Å². The minimum Gasteiger partial charge on any atom is -0.484 e. The zero-order valence-corrected chi connectivity index (χ0v) is 15.4. The zero-order chi connectivity index (χ0) is 19.2. The first kappa shape index (κ1) is 19.1. The first-order valence-corrected chi connectivity index (χ1v) is 9.35. The minimum atomic E-state index is -0.379. The van der Waals surface area contributed by atoms with E-state index < -0.39 is 0 Å². The molecule has 0 saturated heterocycles. The van der Waals surface area contributed by atoms with E-state index in [2.05, 4.69) is 12.2 Å². The third kappa shape index (κ3) is 5.16. The van der Waals surface area contributed by atoms with Crippen LogP contribution in [-0.4, -0.2) is 24.3 Å². The average Bonchev–Trinajstić information content (AvgIpc) is 2.69. The average molecular weight is 369 g/mol. The van der Waals surface area contributed by atoms with Gasteiger partial charge in [-0.2, -0.15) is 0 Å². The number of halogens is 1. The summed E-state index contributed by atoms with van der Waals surface area (Å²) in [6.07, 6.45) is 4.55. The smallest absolute Gasteiger partial charge is 0.258 e. The molecule has 0 aliphatic heterocycles. The third-order valence-corrected chi connectivity index (χ3v) is 5.05. The summed E-state index contributed by atoms with van der Waals surface area (Å²) >= 11 is 0. The highest BCUT2D eigenvalue weighted by Gasteiger charge is 2.22.